The molecule has 3 rings (SSSR count). The van der Waals surface area contributed by atoms with E-state index >= 15 is 9.59 Å². The van der Waals surface area contributed by atoms with E-state index in [2.05, 4.69) is 72.9 Å². The molecule has 2 aromatic carbocycles. The van der Waals surface area contributed by atoms with Crippen LogP contribution in [0.5, 0.6) is 0 Å². The van der Waals surface area contributed by atoms with Gasteiger partial charge in [0.2, 0.25) is 11.8 Å². The summed E-state index contributed by atoms with van der Waals surface area (Å²) >= 11 is 0. The molecule has 0 spiro atoms. The molecule has 0 aliphatic carbocycles. The molecular formula is C98H170N2O16Si. The van der Waals surface area contributed by atoms with Crippen LogP contribution in [0.1, 0.15) is 435 Å². The summed E-state index contributed by atoms with van der Waals surface area (Å²) < 4.78 is 46.6. The summed E-state index contributed by atoms with van der Waals surface area (Å²) in [6.07, 6.45) is 41.8. The Balaban J connectivity index is 2.25. The molecule has 0 bridgehead atoms. The van der Waals surface area contributed by atoms with E-state index < -0.39 is 117 Å². The summed E-state index contributed by atoms with van der Waals surface area (Å²) in [7, 11) is -3.42. The lowest BCUT2D eigenvalue weighted by Crippen LogP contribution is -2.69. The molecule has 672 valence electrons. The molecule has 9 atom stereocenters. The van der Waals surface area contributed by atoms with Crippen LogP contribution in [0.15, 0.2) is 60.7 Å². The Hall–Kier alpha value is -5.21. The Labute approximate surface area is 712 Å². The van der Waals surface area contributed by atoms with Gasteiger partial charge in [0.25, 0.3) is 8.32 Å². The molecule has 1 aliphatic rings. The van der Waals surface area contributed by atoms with E-state index in [0.717, 1.165) is 190 Å². The van der Waals surface area contributed by atoms with Gasteiger partial charge in [0.05, 0.1) is 44.9 Å². The van der Waals surface area contributed by atoms with Gasteiger partial charge in [-0.05, 0) is 73.2 Å². The van der Waals surface area contributed by atoms with Gasteiger partial charge in [0.15, 0.2) is 12.4 Å². The molecule has 19 heteroatoms. The minimum absolute atomic E-state index is 0.195. The van der Waals surface area contributed by atoms with Gasteiger partial charge in [-0.2, -0.15) is 0 Å². The van der Waals surface area contributed by atoms with Crippen molar-refractivity contribution in [3.8, 4) is 0 Å². The van der Waals surface area contributed by atoms with Crippen molar-refractivity contribution in [2.24, 2.45) is 0 Å². The molecular weight excluding hydrogens is 1490 g/mol. The van der Waals surface area contributed by atoms with Crippen molar-refractivity contribution in [1.82, 2.24) is 10.6 Å². The van der Waals surface area contributed by atoms with Gasteiger partial charge in [-0.1, -0.05) is 393 Å². The second-order valence-electron chi connectivity index (χ2n) is 35.2. The predicted molar refractivity (Wildman–Crippen MR) is 477 cm³/mol. The third-order valence-electron chi connectivity index (χ3n) is 23.4. The van der Waals surface area contributed by atoms with Crippen LogP contribution in [0.25, 0.3) is 0 Å². The van der Waals surface area contributed by atoms with Crippen LogP contribution in [0, 0.1) is 0 Å². The van der Waals surface area contributed by atoms with Gasteiger partial charge in [-0.15, -0.1) is 0 Å². The third-order valence-corrected chi connectivity index (χ3v) is 28.4. The Morgan fingerprint density at radius 1 is 0.410 bits per heavy atom. The van der Waals surface area contributed by atoms with Crippen LogP contribution >= 0.6 is 0 Å². The lowest BCUT2D eigenvalue weighted by Gasteiger charge is -2.47. The smallest absolute Gasteiger partial charge is 0.310 e. The Morgan fingerprint density at radius 2 is 0.726 bits per heavy atom. The number of esters is 4. The molecule has 0 unspecified atom stereocenters. The molecule has 0 radical (unpaired) electrons. The maximum atomic E-state index is 15.3. The minimum atomic E-state index is -3.42. The first-order valence-electron chi connectivity index (χ1n) is 48.0. The van der Waals surface area contributed by atoms with Crippen molar-refractivity contribution in [2.75, 3.05) is 13.2 Å². The number of unbranched alkanes of at least 4 members (excludes halogenated alkanes) is 42. The molecule has 117 heavy (non-hydrogen) atoms. The molecule has 2 aromatic rings. The first-order chi connectivity index (χ1) is 56.7. The summed E-state index contributed by atoms with van der Waals surface area (Å²) in [4.78, 5) is 99.7. The van der Waals surface area contributed by atoms with Gasteiger partial charge in [-0.25, -0.2) is 0 Å². The number of carbonyl (C=O) groups excluding carboxylic acids is 6. The van der Waals surface area contributed by atoms with E-state index in [0.29, 0.717) is 51.4 Å². The zero-order chi connectivity index (χ0) is 85.3. The summed E-state index contributed by atoms with van der Waals surface area (Å²) in [6.45, 7) is 18.8. The molecule has 18 nitrogen and oxygen atoms in total. The zero-order valence-electron chi connectivity index (χ0n) is 75.5. The number of aliphatic carboxylic acids is 1. The fourth-order valence-electron chi connectivity index (χ4n) is 16.4. The monoisotopic (exact) mass is 1660 g/mol. The summed E-state index contributed by atoms with van der Waals surface area (Å²) in [5.74, 6) is -4.40. The van der Waals surface area contributed by atoms with E-state index in [-0.39, 0.29) is 51.1 Å². The van der Waals surface area contributed by atoms with Crippen LogP contribution < -0.4 is 21.0 Å². The van der Waals surface area contributed by atoms with Gasteiger partial charge >= 0.3 is 29.8 Å². The second-order valence-corrected chi connectivity index (χ2v) is 39.5. The first kappa shape index (κ1) is 106. The molecule has 1 aliphatic heterocycles. The number of benzene rings is 2. The van der Waals surface area contributed by atoms with Crippen molar-refractivity contribution in [2.45, 2.75) is 495 Å². The number of hydrogen-bond donors (Lipinski definition) is 4. The standard InChI is InChI=1S/C98H170N2O16Si/c1-10-16-22-28-34-37-43-46-54-64-81(112-90(105)71-61-49-40-31-25-19-13-4)75-87(101)99-80(74-89(103)104)78-110-97-94(100-88(102)76-82(65-55-47-44-38-35-29-23-17-11-2)113-91(106)72-62-50-41-32-26-20-14-5)96(95(109)86(115-97)79-111-117(98(7,8)9,84-67-57-52-58-68-84)85-69-59-53-60-70-85)116-93(108)77-83(66-56-48-45-39-36-30-24-18-12-3)114-92(107)73-63-51-42-33-27-21-15-6/h52-53,57-60,67-70,80-83,86,94-97,109H,10-51,54-56,61-66,71-79H2,1-9H3,(H,99,101)(H,100,102)(H,103,104)/t80-,81-,82-,83-,86-,94-,95-,96-,97-/m1/s1. The van der Waals surface area contributed by atoms with Crippen molar-refractivity contribution in [1.29, 1.82) is 0 Å². The van der Waals surface area contributed by atoms with Crippen molar-refractivity contribution < 1.29 is 76.6 Å². The summed E-state index contributed by atoms with van der Waals surface area (Å²) in [6, 6.07) is 17.2. The SMILES string of the molecule is CCCCCCCCCCC[C@H](CC(=O)N[C@@H](CO[C@@H]1O[C@H](CO[Si](c2ccccc2)(c2ccccc2)C(C)(C)C)[C@@H](O)[C@H](OC(=O)C[C@@H](CCCCCCCCCCC)OC(=O)CCCCCCCCC)[C@H]1NC(=O)C[C@@H](CCCCCCCCCCC)OC(=O)CCCCCCCCC)CC(=O)O)OC(=O)CCCCCCCCC. The van der Waals surface area contributed by atoms with Crippen LogP contribution in [-0.2, 0) is 66.4 Å². The number of rotatable bonds is 76. The summed E-state index contributed by atoms with van der Waals surface area (Å²) in [5.41, 5.74) is 0. The number of carboxylic acids is 1. The highest BCUT2D eigenvalue weighted by molar-refractivity contribution is 6.99. The fraction of sp³-hybridized carbons (Fsp3) is 0.806. The summed E-state index contributed by atoms with van der Waals surface area (Å²) in [5, 5.41) is 31.3. The average Bonchev–Trinajstić information content (AvgIpc) is 0.745. The Morgan fingerprint density at radius 3 is 1.06 bits per heavy atom. The van der Waals surface area contributed by atoms with E-state index in [4.69, 9.17) is 32.8 Å². The van der Waals surface area contributed by atoms with Gasteiger partial charge in [0, 0.05) is 19.3 Å². The quantitative estimate of drug-likeness (QED) is 0.0208. The highest BCUT2D eigenvalue weighted by atomic mass is 28.4. The molecule has 0 aromatic heterocycles. The average molecular weight is 1660 g/mol. The highest BCUT2D eigenvalue weighted by Crippen LogP contribution is 2.38. The largest absolute Gasteiger partial charge is 0.481 e. The second kappa shape index (κ2) is 68.3. The van der Waals surface area contributed by atoms with Gasteiger partial charge in [-0.3, -0.25) is 33.6 Å². The number of hydrogen-bond acceptors (Lipinski definition) is 15. The van der Waals surface area contributed by atoms with E-state index in [1.165, 1.54) is 96.3 Å². The maximum Gasteiger partial charge on any atom is 0.310 e. The normalized spacial score (nSPS) is 16.7. The van der Waals surface area contributed by atoms with E-state index in [9.17, 15) is 34.2 Å². The topological polar surface area (TPSA) is 249 Å². The fourth-order valence-corrected chi connectivity index (χ4v) is 21.0. The lowest BCUT2D eigenvalue weighted by atomic mass is 9.95. The molecule has 1 saturated heterocycles. The number of nitrogens with one attached hydrogen (secondary N) is 2. The number of aliphatic hydroxyl groups excluding tert-OH is 1. The first-order valence-corrected chi connectivity index (χ1v) is 49.9. The molecule has 1 heterocycles. The van der Waals surface area contributed by atoms with Crippen LogP contribution in [-0.4, -0.2) is 128 Å². The van der Waals surface area contributed by atoms with Crippen molar-refractivity contribution in [3.05, 3.63) is 60.7 Å². The van der Waals surface area contributed by atoms with Crippen molar-refractivity contribution >= 4 is 60.4 Å². The highest BCUT2D eigenvalue weighted by Gasteiger charge is 2.54. The number of carboxylic acid groups (broad SMARTS) is 1. The van der Waals surface area contributed by atoms with Gasteiger partial charge < -0.3 is 53.7 Å². The molecule has 2 amide bonds. The van der Waals surface area contributed by atoms with Crippen LogP contribution in [0.3, 0.4) is 0 Å². The Bertz CT molecular complexity index is 2780. The van der Waals surface area contributed by atoms with E-state index in [1.807, 2.05) is 60.7 Å². The van der Waals surface area contributed by atoms with Crippen molar-refractivity contribution in [3.63, 3.8) is 0 Å². The maximum absolute atomic E-state index is 15.3. The number of ether oxygens (including phenoxy) is 6. The predicted octanol–water partition coefficient (Wildman–Crippen LogP) is 23.1. The number of carbonyl (C=O) groups is 7. The van der Waals surface area contributed by atoms with Gasteiger partial charge in [0.1, 0.15) is 36.6 Å². The van der Waals surface area contributed by atoms with Crippen LogP contribution in [0.2, 0.25) is 5.04 Å². The Kier molecular flexibility index (Phi) is 61.9. The number of amides is 2. The molecule has 4 N–H and O–H groups in total. The minimum Gasteiger partial charge on any atom is -0.481 e. The third kappa shape index (κ3) is 49.5. The zero-order valence-corrected chi connectivity index (χ0v) is 76.5. The lowest BCUT2D eigenvalue weighted by molar-refractivity contribution is -0.274. The van der Waals surface area contributed by atoms with Crippen LogP contribution in [0.4, 0.5) is 0 Å². The number of aliphatic hydroxyl groups is 1. The molecule has 1 fully saturated rings. The van der Waals surface area contributed by atoms with E-state index in [1.54, 1.807) is 0 Å². The molecule has 0 saturated carbocycles.